The zero-order valence-electron chi connectivity index (χ0n) is 18.3. The van der Waals surface area contributed by atoms with Gasteiger partial charge in [-0.3, -0.25) is 4.79 Å². The lowest BCUT2D eigenvalue weighted by atomic mass is 9.96. The molecule has 2 aliphatic heterocycles. The maximum Gasteiger partial charge on any atom is 0.407 e. The fraction of sp³-hybridized carbons (Fsp3) is 0.429. The fourth-order valence-corrected chi connectivity index (χ4v) is 6.07. The van der Waals surface area contributed by atoms with Crippen molar-refractivity contribution in [3.05, 3.63) is 41.5 Å². The summed E-state index contributed by atoms with van der Waals surface area (Å²) in [5.41, 5.74) is 0.676. The third-order valence-corrected chi connectivity index (χ3v) is 7.70. The smallest absolute Gasteiger partial charge is 0.407 e. The van der Waals surface area contributed by atoms with Crippen molar-refractivity contribution in [2.75, 3.05) is 18.5 Å². The highest BCUT2D eigenvalue weighted by Crippen LogP contribution is 2.37. The van der Waals surface area contributed by atoms with Crippen molar-refractivity contribution in [3.8, 4) is 5.75 Å². The van der Waals surface area contributed by atoms with Crippen molar-refractivity contribution in [1.29, 1.82) is 0 Å². The van der Waals surface area contributed by atoms with Crippen LogP contribution in [0.25, 0.3) is 0 Å². The lowest BCUT2D eigenvalue weighted by molar-refractivity contribution is 0.101. The predicted octanol–water partition coefficient (Wildman–Crippen LogP) is 2.15. The molecule has 1 saturated heterocycles. The number of carboxylic acid groups (broad SMARTS) is 1. The molecule has 3 atom stereocenters. The fourth-order valence-electron chi connectivity index (χ4n) is 4.60. The molecule has 0 spiro atoms. The molecule has 1 fully saturated rings. The molecule has 0 saturated carbocycles. The van der Waals surface area contributed by atoms with Gasteiger partial charge in [-0.2, -0.15) is 0 Å². The summed E-state index contributed by atoms with van der Waals surface area (Å²) in [4.78, 5) is 25.7. The molecule has 0 radical (unpaired) electrons. The van der Waals surface area contributed by atoms with Gasteiger partial charge in [0, 0.05) is 43.5 Å². The largest absolute Gasteiger partial charge is 0.489 e. The minimum absolute atomic E-state index is 0.0144. The number of anilines is 1. The van der Waals surface area contributed by atoms with Crippen LogP contribution in [0.4, 0.5) is 14.9 Å². The van der Waals surface area contributed by atoms with Gasteiger partial charge >= 0.3 is 6.09 Å². The Kier molecular flexibility index (Phi) is 5.83. The maximum atomic E-state index is 13.6. The van der Waals surface area contributed by atoms with E-state index in [1.165, 1.54) is 40.9 Å². The Bertz CT molecular complexity index is 1230. The summed E-state index contributed by atoms with van der Waals surface area (Å²) in [6.45, 7) is 3.43. The highest BCUT2D eigenvalue weighted by Gasteiger charge is 2.47. The highest BCUT2D eigenvalue weighted by atomic mass is 32.2. The minimum atomic E-state index is -4.10. The Balaban J connectivity index is 1.69. The molecule has 0 aliphatic carbocycles. The summed E-state index contributed by atoms with van der Waals surface area (Å²) >= 11 is 0. The molecule has 2 aromatic rings. The number of hydrogen-bond donors (Lipinski definition) is 3. The molecule has 4 rings (SSSR count). The van der Waals surface area contributed by atoms with Gasteiger partial charge in [0.15, 0.2) is 11.4 Å². The first kappa shape index (κ1) is 23.1. The van der Waals surface area contributed by atoms with Crippen molar-refractivity contribution in [3.63, 3.8) is 0 Å². The van der Waals surface area contributed by atoms with Gasteiger partial charge < -0.3 is 24.6 Å². The predicted molar refractivity (Wildman–Crippen MR) is 116 cm³/mol. The first-order chi connectivity index (χ1) is 15.5. The Labute approximate surface area is 190 Å². The molecule has 3 unspecified atom stereocenters. The summed E-state index contributed by atoms with van der Waals surface area (Å²) in [5, 5.41) is 12.2. The number of amides is 2. The van der Waals surface area contributed by atoms with E-state index in [-0.39, 0.29) is 29.5 Å². The highest BCUT2D eigenvalue weighted by molar-refractivity contribution is 7.89. The number of halogens is 1. The Morgan fingerprint density at radius 1 is 1.36 bits per heavy atom. The van der Waals surface area contributed by atoms with Crippen LogP contribution in [0.5, 0.6) is 5.75 Å². The van der Waals surface area contributed by atoms with Crippen LogP contribution in [-0.2, 0) is 17.1 Å². The lowest BCUT2D eigenvalue weighted by Crippen LogP contribution is -2.44. The van der Waals surface area contributed by atoms with Crippen LogP contribution in [0.2, 0.25) is 0 Å². The average molecular weight is 481 g/mol. The molecule has 1 aromatic carbocycles. The number of carbonyl (C=O) groups excluding carboxylic acids is 1. The van der Waals surface area contributed by atoms with Gasteiger partial charge in [0.05, 0.1) is 6.61 Å². The summed E-state index contributed by atoms with van der Waals surface area (Å²) in [6, 6.07) is 3.02. The standard InChI is InChI=1S/C21H25FN4O6S/c1-4-16-13-10-32-19-17(33(30,31)24-15(13)8-26(16)21(28)29)9-25(3)18(19)20(27)23-12-5-6-14(22)11(2)7-12/h5-7,9,13,15-16,24H,4,8,10H2,1-3H3,(H,23,27)(H,28,29). The van der Waals surface area contributed by atoms with Crippen molar-refractivity contribution in [1.82, 2.24) is 14.2 Å². The van der Waals surface area contributed by atoms with Crippen LogP contribution in [-0.4, -0.2) is 60.2 Å². The van der Waals surface area contributed by atoms with Gasteiger partial charge in [-0.1, -0.05) is 6.92 Å². The summed E-state index contributed by atoms with van der Waals surface area (Å²) in [5.74, 6) is -1.57. The molecular weight excluding hydrogens is 455 g/mol. The van der Waals surface area contributed by atoms with E-state index < -0.39 is 45.8 Å². The number of aryl methyl sites for hydroxylation is 2. The quantitative estimate of drug-likeness (QED) is 0.617. The maximum absolute atomic E-state index is 13.6. The van der Waals surface area contributed by atoms with E-state index in [2.05, 4.69) is 10.0 Å². The Morgan fingerprint density at radius 3 is 2.73 bits per heavy atom. The summed E-state index contributed by atoms with van der Waals surface area (Å²) in [6.07, 6.45) is 0.641. The lowest BCUT2D eigenvalue weighted by Gasteiger charge is -2.27. The van der Waals surface area contributed by atoms with Crippen LogP contribution in [0.15, 0.2) is 29.3 Å². The molecule has 2 amide bonds. The van der Waals surface area contributed by atoms with Gasteiger partial charge in [-0.15, -0.1) is 0 Å². The second-order valence-corrected chi connectivity index (χ2v) is 10.00. The van der Waals surface area contributed by atoms with E-state index in [1.807, 2.05) is 6.92 Å². The molecule has 0 bridgehead atoms. The van der Waals surface area contributed by atoms with Crippen molar-refractivity contribution in [2.45, 2.75) is 37.2 Å². The number of likely N-dealkylation sites (tertiary alicyclic amines) is 1. The zero-order chi connectivity index (χ0) is 24.1. The average Bonchev–Trinajstić information content (AvgIpc) is 3.25. The Hall–Kier alpha value is -3.12. The van der Waals surface area contributed by atoms with Gasteiger partial charge in [0.2, 0.25) is 10.0 Å². The number of benzene rings is 1. The molecular formula is C21H25FN4O6S. The second kappa shape index (κ2) is 8.34. The molecule has 1 aromatic heterocycles. The number of sulfonamides is 1. The van der Waals surface area contributed by atoms with Crippen molar-refractivity contribution < 1.29 is 32.2 Å². The monoisotopic (exact) mass is 480 g/mol. The topological polar surface area (TPSA) is 130 Å². The van der Waals surface area contributed by atoms with Crippen LogP contribution >= 0.6 is 0 Å². The van der Waals surface area contributed by atoms with E-state index in [1.54, 1.807) is 6.92 Å². The van der Waals surface area contributed by atoms with E-state index in [9.17, 15) is 27.5 Å². The molecule has 3 N–H and O–H groups in total. The zero-order valence-corrected chi connectivity index (χ0v) is 19.1. The minimum Gasteiger partial charge on any atom is -0.489 e. The van der Waals surface area contributed by atoms with E-state index in [0.717, 1.165) is 0 Å². The number of aromatic nitrogens is 1. The van der Waals surface area contributed by atoms with E-state index >= 15 is 0 Å². The van der Waals surface area contributed by atoms with Gasteiger partial charge in [0.1, 0.15) is 10.7 Å². The number of fused-ring (bicyclic) bond motifs is 2. The number of carbonyl (C=O) groups is 2. The summed E-state index contributed by atoms with van der Waals surface area (Å²) < 4.78 is 49.7. The van der Waals surface area contributed by atoms with Crippen LogP contribution in [0.3, 0.4) is 0 Å². The molecule has 10 nitrogen and oxygen atoms in total. The van der Waals surface area contributed by atoms with Crippen LogP contribution in [0, 0.1) is 18.7 Å². The molecule has 3 heterocycles. The summed E-state index contributed by atoms with van der Waals surface area (Å²) in [7, 11) is -2.58. The van der Waals surface area contributed by atoms with Crippen molar-refractivity contribution >= 4 is 27.7 Å². The number of ether oxygens (including phenoxy) is 1. The first-order valence-electron chi connectivity index (χ1n) is 10.4. The van der Waals surface area contributed by atoms with E-state index in [0.29, 0.717) is 17.7 Å². The normalized spacial score (nSPS) is 23.6. The number of nitrogens with one attached hydrogen (secondary N) is 2. The van der Waals surface area contributed by atoms with Gasteiger partial charge in [0.25, 0.3) is 5.91 Å². The Morgan fingerprint density at radius 2 is 2.09 bits per heavy atom. The third kappa shape index (κ3) is 4.04. The number of hydrogen-bond acceptors (Lipinski definition) is 5. The van der Waals surface area contributed by atoms with Crippen LogP contribution < -0.4 is 14.8 Å². The second-order valence-electron chi connectivity index (χ2n) is 8.31. The molecule has 33 heavy (non-hydrogen) atoms. The first-order valence-corrected chi connectivity index (χ1v) is 11.9. The molecule has 2 aliphatic rings. The SMILES string of the molecule is CCC1C2COc3c(cn(C)c3C(=O)Nc3ccc(F)c(C)c3)S(=O)(=O)NC2CN1C(=O)O. The third-order valence-electron chi connectivity index (χ3n) is 6.22. The van der Waals surface area contributed by atoms with E-state index in [4.69, 9.17) is 4.74 Å². The van der Waals surface area contributed by atoms with Crippen molar-refractivity contribution in [2.24, 2.45) is 13.0 Å². The number of nitrogens with zero attached hydrogens (tertiary/aromatic N) is 2. The van der Waals surface area contributed by atoms with Crippen LogP contribution in [0.1, 0.15) is 29.4 Å². The van der Waals surface area contributed by atoms with Gasteiger partial charge in [-0.25, -0.2) is 22.3 Å². The number of rotatable bonds is 3. The van der Waals surface area contributed by atoms with Gasteiger partial charge in [-0.05, 0) is 37.1 Å². The molecule has 178 valence electrons. The molecule has 12 heteroatoms.